The third kappa shape index (κ3) is 7.15. The van der Waals surface area contributed by atoms with Gasteiger partial charge in [-0.05, 0) is 0 Å². The molecule has 0 atom stereocenters. The number of carbonyl (C=O) groups is 2. The first-order chi connectivity index (χ1) is 5.02. The third-order valence-corrected chi connectivity index (χ3v) is 0.745. The second-order valence-electron chi connectivity index (χ2n) is 1.37. The van der Waals surface area contributed by atoms with Gasteiger partial charge in [0, 0.05) is 12.2 Å². The predicted molar refractivity (Wildman–Crippen MR) is 38.4 cm³/mol. The number of carboxylic acids is 1. The number of carboxylic acid groups (broad SMARTS) is 1. The Balaban J connectivity index is 3.78. The van der Waals surface area contributed by atoms with Crippen molar-refractivity contribution in [3.8, 4) is 0 Å². The molecule has 0 aromatic heterocycles. The lowest BCUT2D eigenvalue weighted by Crippen LogP contribution is -2.04. The van der Waals surface area contributed by atoms with Crippen LogP contribution in [0.2, 0.25) is 0 Å². The van der Waals surface area contributed by atoms with E-state index in [1.807, 2.05) is 0 Å². The summed E-state index contributed by atoms with van der Waals surface area (Å²) in [7, 11) is 0. The summed E-state index contributed by atoms with van der Waals surface area (Å²) in [5, 5.41) is 6.76. The van der Waals surface area contributed by atoms with Crippen LogP contribution >= 0.6 is 23.2 Å². The first-order valence-corrected chi connectivity index (χ1v) is 3.29. The maximum atomic E-state index is 10.4. The van der Waals surface area contributed by atoms with E-state index < -0.39 is 17.0 Å². The Bertz CT molecular complexity index is 187. The van der Waals surface area contributed by atoms with Crippen molar-refractivity contribution >= 4 is 35.1 Å². The molecule has 0 rings (SSSR count). The van der Waals surface area contributed by atoms with Gasteiger partial charge >= 0.3 is 11.9 Å². The van der Waals surface area contributed by atoms with Gasteiger partial charge < -0.3 is 9.84 Å². The van der Waals surface area contributed by atoms with Crippen LogP contribution in [-0.2, 0) is 14.3 Å². The number of hydrogen-bond acceptors (Lipinski definition) is 3. The third-order valence-electron chi connectivity index (χ3n) is 0.567. The van der Waals surface area contributed by atoms with Gasteiger partial charge in [0.05, 0.1) is 0 Å². The average Bonchev–Trinajstić information content (AvgIpc) is 1.82. The fraction of sp³-hybridized carbons (Fsp3) is 0.200. The van der Waals surface area contributed by atoms with Crippen LogP contribution in [0.4, 0.5) is 0 Å². The minimum atomic E-state index is -1.28. The standard InChI is InChI=1S/C5H4Cl2O4/c6-5(7)11-4(10)2-1-3(8)9/h1-2,5H,(H,8,9)/b2-1-. The fourth-order valence-electron chi connectivity index (χ4n) is 0.266. The molecule has 0 bridgehead atoms. The normalized spacial score (nSPS) is 10.5. The minimum Gasteiger partial charge on any atom is -0.478 e. The molecule has 0 saturated carbocycles. The molecule has 0 fully saturated rings. The molecule has 6 heteroatoms. The summed E-state index contributed by atoms with van der Waals surface area (Å²) in [5.41, 5.74) is 0. The Morgan fingerprint density at radius 3 is 2.27 bits per heavy atom. The quantitative estimate of drug-likeness (QED) is 0.417. The van der Waals surface area contributed by atoms with Gasteiger partial charge in [-0.2, -0.15) is 0 Å². The zero-order valence-electron chi connectivity index (χ0n) is 5.16. The van der Waals surface area contributed by atoms with E-state index in [4.69, 9.17) is 28.3 Å². The van der Waals surface area contributed by atoms with Crippen molar-refractivity contribution in [2.45, 2.75) is 5.02 Å². The molecule has 0 aliphatic carbocycles. The first kappa shape index (κ1) is 10.3. The smallest absolute Gasteiger partial charge is 0.333 e. The molecular formula is C5H4Cl2O4. The van der Waals surface area contributed by atoms with E-state index in [0.717, 1.165) is 0 Å². The summed E-state index contributed by atoms with van der Waals surface area (Å²) in [6.07, 6.45) is 1.33. The number of ether oxygens (including phenoxy) is 1. The van der Waals surface area contributed by atoms with Crippen LogP contribution in [0.15, 0.2) is 12.2 Å². The lowest BCUT2D eigenvalue weighted by molar-refractivity contribution is -0.138. The van der Waals surface area contributed by atoms with Crippen molar-refractivity contribution in [1.29, 1.82) is 0 Å². The topological polar surface area (TPSA) is 63.6 Å². The molecule has 11 heavy (non-hydrogen) atoms. The van der Waals surface area contributed by atoms with Crippen LogP contribution in [0.3, 0.4) is 0 Å². The summed E-state index contributed by atoms with van der Waals surface area (Å²) in [6, 6.07) is 0. The molecule has 1 N–H and O–H groups in total. The Hall–Kier alpha value is -0.740. The van der Waals surface area contributed by atoms with Gasteiger partial charge in [-0.1, -0.05) is 23.2 Å². The van der Waals surface area contributed by atoms with Crippen molar-refractivity contribution in [1.82, 2.24) is 0 Å². The molecule has 0 aliphatic rings. The van der Waals surface area contributed by atoms with E-state index >= 15 is 0 Å². The zero-order chi connectivity index (χ0) is 8.85. The van der Waals surface area contributed by atoms with Gasteiger partial charge in [0.25, 0.3) is 5.02 Å². The number of alkyl halides is 2. The highest BCUT2D eigenvalue weighted by Crippen LogP contribution is 2.03. The Labute approximate surface area is 72.3 Å². The molecule has 0 unspecified atom stereocenters. The van der Waals surface area contributed by atoms with E-state index in [9.17, 15) is 9.59 Å². The van der Waals surface area contributed by atoms with Crippen LogP contribution in [0.5, 0.6) is 0 Å². The zero-order valence-corrected chi connectivity index (χ0v) is 6.67. The Kier molecular flexibility index (Phi) is 4.65. The highest BCUT2D eigenvalue weighted by atomic mass is 35.5. The van der Waals surface area contributed by atoms with Crippen LogP contribution in [0.25, 0.3) is 0 Å². The van der Waals surface area contributed by atoms with Crippen molar-refractivity contribution in [3.05, 3.63) is 12.2 Å². The lowest BCUT2D eigenvalue weighted by Gasteiger charge is -1.98. The Morgan fingerprint density at radius 2 is 1.91 bits per heavy atom. The molecular weight excluding hydrogens is 195 g/mol. The molecule has 0 radical (unpaired) electrons. The van der Waals surface area contributed by atoms with Crippen LogP contribution in [0.1, 0.15) is 0 Å². The SMILES string of the molecule is O=C(O)/C=C\C(=O)OC(Cl)Cl. The highest BCUT2D eigenvalue weighted by Gasteiger charge is 2.03. The molecule has 0 aromatic rings. The van der Waals surface area contributed by atoms with Crippen LogP contribution in [0, 0.1) is 0 Å². The second kappa shape index (κ2) is 4.98. The molecule has 0 saturated heterocycles. The van der Waals surface area contributed by atoms with Crippen molar-refractivity contribution in [3.63, 3.8) is 0 Å². The molecule has 0 aliphatic heterocycles. The van der Waals surface area contributed by atoms with Crippen molar-refractivity contribution in [2.24, 2.45) is 0 Å². The molecule has 0 aromatic carbocycles. The highest BCUT2D eigenvalue weighted by molar-refractivity contribution is 6.43. The summed E-state index contributed by atoms with van der Waals surface area (Å²) < 4.78 is 4.14. The van der Waals surface area contributed by atoms with Gasteiger partial charge in [0.15, 0.2) is 0 Å². The lowest BCUT2D eigenvalue weighted by atomic mass is 10.5. The summed E-state index contributed by atoms with van der Waals surface area (Å²) in [4.78, 5) is 20.2. The predicted octanol–water partition coefficient (Wildman–Crippen LogP) is 0.932. The number of rotatable bonds is 3. The summed E-state index contributed by atoms with van der Waals surface area (Å²) in [5.74, 6) is -2.15. The van der Waals surface area contributed by atoms with Crippen LogP contribution in [-0.4, -0.2) is 22.1 Å². The maximum Gasteiger partial charge on any atom is 0.333 e. The van der Waals surface area contributed by atoms with E-state index in [0.29, 0.717) is 12.2 Å². The Morgan fingerprint density at radius 1 is 1.36 bits per heavy atom. The first-order valence-electron chi connectivity index (χ1n) is 2.42. The molecule has 0 amide bonds. The number of hydrogen-bond donors (Lipinski definition) is 1. The molecule has 4 nitrogen and oxygen atoms in total. The van der Waals surface area contributed by atoms with E-state index in [1.165, 1.54) is 0 Å². The van der Waals surface area contributed by atoms with E-state index in [2.05, 4.69) is 4.74 Å². The summed E-state index contributed by atoms with van der Waals surface area (Å²) >= 11 is 10.1. The van der Waals surface area contributed by atoms with Gasteiger partial charge in [-0.3, -0.25) is 0 Å². The molecule has 0 spiro atoms. The average molecular weight is 199 g/mol. The van der Waals surface area contributed by atoms with Gasteiger partial charge in [0.1, 0.15) is 0 Å². The molecule has 0 heterocycles. The minimum absolute atomic E-state index is 0.624. The van der Waals surface area contributed by atoms with Gasteiger partial charge in [-0.15, -0.1) is 0 Å². The largest absolute Gasteiger partial charge is 0.478 e. The monoisotopic (exact) mass is 198 g/mol. The van der Waals surface area contributed by atoms with E-state index in [1.54, 1.807) is 0 Å². The number of aliphatic carboxylic acids is 1. The molecule has 62 valence electrons. The maximum absolute atomic E-state index is 10.4. The van der Waals surface area contributed by atoms with Crippen molar-refractivity contribution in [2.75, 3.05) is 0 Å². The van der Waals surface area contributed by atoms with Gasteiger partial charge in [-0.25, -0.2) is 9.59 Å². The fourth-order valence-corrected chi connectivity index (χ4v) is 0.442. The number of carbonyl (C=O) groups excluding carboxylic acids is 1. The number of halogens is 2. The summed E-state index contributed by atoms with van der Waals surface area (Å²) in [6.45, 7) is 0. The van der Waals surface area contributed by atoms with Crippen LogP contribution < -0.4 is 0 Å². The van der Waals surface area contributed by atoms with Crippen molar-refractivity contribution < 1.29 is 19.4 Å². The van der Waals surface area contributed by atoms with Gasteiger partial charge in [0.2, 0.25) is 0 Å². The van der Waals surface area contributed by atoms with E-state index in [-0.39, 0.29) is 0 Å². The second-order valence-corrected chi connectivity index (χ2v) is 2.39. The number of esters is 1.